The molecule has 1 rings (SSSR count). The Hall–Kier alpha value is -1.58. The summed E-state index contributed by atoms with van der Waals surface area (Å²) in [7, 11) is 0. The first kappa shape index (κ1) is 11.5. The number of aromatic nitrogens is 1. The first-order valence-corrected chi connectivity index (χ1v) is 4.85. The van der Waals surface area contributed by atoms with Crippen LogP contribution >= 0.6 is 0 Å². The predicted molar refractivity (Wildman–Crippen MR) is 57.1 cm³/mol. The van der Waals surface area contributed by atoms with Gasteiger partial charge in [0.1, 0.15) is 0 Å². The smallest absolute Gasteiger partial charge is 0.223 e. The normalized spacial score (nSPS) is 11.4. The molecule has 1 heterocycles. The molecule has 15 heavy (non-hydrogen) atoms. The first-order valence-electron chi connectivity index (χ1n) is 4.85. The van der Waals surface area contributed by atoms with Gasteiger partial charge < -0.3 is 10.1 Å². The molecule has 0 aliphatic carbocycles. The molecule has 1 aromatic rings. The number of H-pyrrole nitrogens is 1. The summed E-state index contributed by atoms with van der Waals surface area (Å²) in [6, 6.07) is 1.13. The number of carbonyl (C=O) groups is 1. The van der Waals surface area contributed by atoms with Gasteiger partial charge in [0, 0.05) is 17.7 Å². The number of hydrogen-bond donors (Lipinski definition) is 2. The maximum atomic E-state index is 11.9. The number of Topliss-reactive ketones (excluding diaryl/α,β-unsaturated/α-hetero) is 1. The van der Waals surface area contributed by atoms with Crippen LogP contribution in [0.2, 0.25) is 0 Å². The van der Waals surface area contributed by atoms with Crippen LogP contribution in [0, 0.1) is 5.41 Å². The number of rotatable bonds is 3. The zero-order valence-electron chi connectivity index (χ0n) is 9.13. The molecule has 0 atom stereocenters. The standard InChI is InChI=1S/C11H15NO3/c1-4-11(2,3)10(15)7-5-8(13)9(14)6-12-7/h5-6,14H,4H2,1-3H3,(H,12,13). The molecular formula is C11H15NO3. The molecule has 4 nitrogen and oxygen atoms in total. The number of carbonyl (C=O) groups excluding carboxylic acids is 1. The van der Waals surface area contributed by atoms with Crippen molar-refractivity contribution in [2.24, 2.45) is 5.41 Å². The minimum Gasteiger partial charge on any atom is -0.503 e. The maximum Gasteiger partial charge on any atom is 0.223 e. The molecule has 0 aliphatic heterocycles. The van der Waals surface area contributed by atoms with Gasteiger partial charge in [0.15, 0.2) is 11.5 Å². The van der Waals surface area contributed by atoms with Gasteiger partial charge in [-0.3, -0.25) is 9.59 Å². The van der Waals surface area contributed by atoms with E-state index in [0.717, 1.165) is 12.3 Å². The lowest BCUT2D eigenvalue weighted by Gasteiger charge is -2.20. The number of hydrogen-bond acceptors (Lipinski definition) is 3. The van der Waals surface area contributed by atoms with E-state index in [2.05, 4.69) is 4.98 Å². The Morgan fingerprint density at radius 3 is 2.60 bits per heavy atom. The van der Waals surface area contributed by atoms with Crippen molar-refractivity contribution in [3.63, 3.8) is 0 Å². The van der Waals surface area contributed by atoms with Gasteiger partial charge in [-0.05, 0) is 6.42 Å². The Labute approximate surface area is 88.0 Å². The number of nitrogens with one attached hydrogen (secondary N) is 1. The molecule has 0 aromatic carbocycles. The van der Waals surface area contributed by atoms with Crippen LogP contribution in [-0.4, -0.2) is 15.9 Å². The van der Waals surface area contributed by atoms with Crippen LogP contribution < -0.4 is 5.43 Å². The fourth-order valence-corrected chi connectivity index (χ4v) is 1.12. The summed E-state index contributed by atoms with van der Waals surface area (Å²) in [4.78, 5) is 25.7. The zero-order valence-corrected chi connectivity index (χ0v) is 9.13. The molecule has 2 N–H and O–H groups in total. The van der Waals surface area contributed by atoms with Crippen LogP contribution in [0.1, 0.15) is 37.7 Å². The Morgan fingerprint density at radius 1 is 1.53 bits per heavy atom. The molecule has 0 fully saturated rings. The van der Waals surface area contributed by atoms with Gasteiger partial charge in [-0.2, -0.15) is 0 Å². The summed E-state index contributed by atoms with van der Waals surface area (Å²) in [6.07, 6.45) is 1.83. The number of ketones is 1. The van der Waals surface area contributed by atoms with E-state index in [-0.39, 0.29) is 17.2 Å². The highest BCUT2D eigenvalue weighted by Crippen LogP contribution is 2.24. The van der Waals surface area contributed by atoms with E-state index in [4.69, 9.17) is 5.11 Å². The molecule has 0 aliphatic rings. The highest BCUT2D eigenvalue weighted by molar-refractivity contribution is 5.98. The van der Waals surface area contributed by atoms with Gasteiger partial charge in [0.2, 0.25) is 5.43 Å². The van der Waals surface area contributed by atoms with Crippen molar-refractivity contribution in [3.05, 3.63) is 28.2 Å². The molecule has 0 radical (unpaired) electrons. The molecule has 0 bridgehead atoms. The number of aromatic amines is 1. The first-order chi connectivity index (χ1) is 6.88. The lowest BCUT2D eigenvalue weighted by molar-refractivity contribution is 0.0827. The third kappa shape index (κ3) is 2.26. The summed E-state index contributed by atoms with van der Waals surface area (Å²) in [5, 5.41) is 9.03. The second-order valence-corrected chi connectivity index (χ2v) is 4.16. The van der Waals surface area contributed by atoms with Crippen molar-refractivity contribution in [2.75, 3.05) is 0 Å². The third-order valence-electron chi connectivity index (χ3n) is 2.64. The van der Waals surface area contributed by atoms with E-state index in [1.165, 1.54) is 0 Å². The van der Waals surface area contributed by atoms with Gasteiger partial charge in [0.25, 0.3) is 0 Å². The number of pyridine rings is 1. The summed E-state index contributed by atoms with van der Waals surface area (Å²) in [6.45, 7) is 5.55. The lowest BCUT2D eigenvalue weighted by atomic mass is 9.83. The predicted octanol–water partition coefficient (Wildman–Crippen LogP) is 1.70. The zero-order chi connectivity index (χ0) is 11.6. The van der Waals surface area contributed by atoms with Gasteiger partial charge in [-0.25, -0.2) is 0 Å². The van der Waals surface area contributed by atoms with E-state index in [9.17, 15) is 9.59 Å². The second-order valence-electron chi connectivity index (χ2n) is 4.16. The quantitative estimate of drug-likeness (QED) is 0.744. The van der Waals surface area contributed by atoms with Crippen molar-refractivity contribution < 1.29 is 9.90 Å². The Morgan fingerprint density at radius 2 is 2.13 bits per heavy atom. The van der Waals surface area contributed by atoms with Crippen LogP contribution in [0.25, 0.3) is 0 Å². The van der Waals surface area contributed by atoms with Crippen LogP contribution in [0.3, 0.4) is 0 Å². The fraction of sp³-hybridized carbons (Fsp3) is 0.455. The van der Waals surface area contributed by atoms with Crippen LogP contribution in [0.5, 0.6) is 5.75 Å². The topological polar surface area (TPSA) is 70.2 Å². The van der Waals surface area contributed by atoms with E-state index in [1.54, 1.807) is 0 Å². The maximum absolute atomic E-state index is 11.9. The molecule has 1 aromatic heterocycles. The van der Waals surface area contributed by atoms with Gasteiger partial charge in [-0.15, -0.1) is 0 Å². The third-order valence-corrected chi connectivity index (χ3v) is 2.64. The molecule has 0 amide bonds. The van der Waals surface area contributed by atoms with Crippen molar-refractivity contribution in [1.82, 2.24) is 4.98 Å². The second kappa shape index (κ2) is 3.88. The van der Waals surface area contributed by atoms with Crippen molar-refractivity contribution in [1.29, 1.82) is 0 Å². The van der Waals surface area contributed by atoms with Crippen molar-refractivity contribution in [3.8, 4) is 5.75 Å². The van der Waals surface area contributed by atoms with Gasteiger partial charge >= 0.3 is 0 Å². The summed E-state index contributed by atoms with van der Waals surface area (Å²) >= 11 is 0. The van der Waals surface area contributed by atoms with Crippen molar-refractivity contribution >= 4 is 5.78 Å². The Balaban J connectivity index is 3.13. The lowest BCUT2D eigenvalue weighted by Crippen LogP contribution is -2.25. The minimum atomic E-state index is -0.538. The highest BCUT2D eigenvalue weighted by Gasteiger charge is 2.27. The number of aromatic hydroxyl groups is 1. The highest BCUT2D eigenvalue weighted by atomic mass is 16.3. The monoisotopic (exact) mass is 209 g/mol. The van der Waals surface area contributed by atoms with E-state index in [0.29, 0.717) is 6.42 Å². The largest absolute Gasteiger partial charge is 0.503 e. The summed E-state index contributed by atoms with van der Waals surface area (Å²) in [5.74, 6) is -0.497. The van der Waals surface area contributed by atoms with Crippen LogP contribution in [0.4, 0.5) is 0 Å². The molecule has 0 unspecified atom stereocenters. The molecule has 4 heteroatoms. The summed E-state index contributed by atoms with van der Waals surface area (Å²) < 4.78 is 0. The van der Waals surface area contributed by atoms with Gasteiger partial charge in [0.05, 0.1) is 5.69 Å². The van der Waals surface area contributed by atoms with E-state index < -0.39 is 10.8 Å². The average molecular weight is 209 g/mol. The SMILES string of the molecule is CCC(C)(C)C(=O)c1cc(=O)c(O)c[nH]1. The minimum absolute atomic E-state index is 0.123. The van der Waals surface area contributed by atoms with Crippen LogP contribution in [0.15, 0.2) is 17.1 Å². The van der Waals surface area contributed by atoms with E-state index in [1.807, 2.05) is 20.8 Å². The molecular weight excluding hydrogens is 194 g/mol. The summed E-state index contributed by atoms with van der Waals surface area (Å²) in [5.41, 5.74) is -0.798. The van der Waals surface area contributed by atoms with Crippen molar-refractivity contribution in [2.45, 2.75) is 27.2 Å². The molecule has 0 saturated heterocycles. The Bertz CT molecular complexity index is 432. The van der Waals surface area contributed by atoms with E-state index >= 15 is 0 Å². The molecule has 0 saturated carbocycles. The molecule has 0 spiro atoms. The average Bonchev–Trinajstić information content (AvgIpc) is 2.21. The fourth-order valence-electron chi connectivity index (χ4n) is 1.12. The van der Waals surface area contributed by atoms with Gasteiger partial charge in [-0.1, -0.05) is 20.8 Å². The van der Waals surface area contributed by atoms with Crippen LogP contribution in [-0.2, 0) is 0 Å². The molecule has 82 valence electrons. The Kier molecular flexibility index (Phi) is 2.98.